The number of aliphatic imine (C=N–C) groups is 3. The first kappa shape index (κ1) is 22.6. The minimum absolute atomic E-state index is 0.0895. The molecule has 0 radical (unpaired) electrons. The number of allylic oxidation sites excluding steroid dienone is 10. The molecule has 1 aliphatic heterocycles. The summed E-state index contributed by atoms with van der Waals surface area (Å²) in [5.74, 6) is 1.16. The normalized spacial score (nSPS) is 24.1. The summed E-state index contributed by atoms with van der Waals surface area (Å²) in [6.07, 6.45) is 26.6. The number of nitrogens with zero attached hydrogens (tertiary/aromatic N) is 3. The highest BCUT2D eigenvalue weighted by molar-refractivity contribution is 6.33. The highest BCUT2D eigenvalue weighted by atomic mass is 16.5. The smallest absolute Gasteiger partial charge is 0.221 e. The summed E-state index contributed by atoms with van der Waals surface area (Å²) >= 11 is 0. The lowest BCUT2D eigenvalue weighted by molar-refractivity contribution is 0.288. The fourth-order valence-corrected chi connectivity index (χ4v) is 3.58. The van der Waals surface area contributed by atoms with E-state index < -0.39 is 0 Å². The topological polar surface area (TPSA) is 70.2 Å². The Bertz CT molecular complexity index is 912. The van der Waals surface area contributed by atoms with E-state index in [-0.39, 0.29) is 12.0 Å². The van der Waals surface area contributed by atoms with Gasteiger partial charge in [0.2, 0.25) is 5.90 Å². The van der Waals surface area contributed by atoms with Crippen molar-refractivity contribution in [2.45, 2.75) is 39.2 Å². The van der Waals surface area contributed by atoms with Crippen molar-refractivity contribution in [3.8, 4) is 0 Å². The molecule has 0 aromatic heterocycles. The molecule has 0 saturated heterocycles. The lowest BCUT2D eigenvalue weighted by atomic mass is 9.92. The third-order valence-electron chi connectivity index (χ3n) is 5.60. The van der Waals surface area contributed by atoms with Gasteiger partial charge < -0.3 is 4.74 Å². The van der Waals surface area contributed by atoms with Gasteiger partial charge in [-0.1, -0.05) is 68.5 Å². The van der Waals surface area contributed by atoms with Crippen LogP contribution in [0.1, 0.15) is 33.1 Å². The summed E-state index contributed by atoms with van der Waals surface area (Å²) < 4.78 is 5.94. The first-order chi connectivity index (χ1) is 15.2. The van der Waals surface area contributed by atoms with Gasteiger partial charge in [-0.2, -0.15) is 0 Å². The summed E-state index contributed by atoms with van der Waals surface area (Å²) in [6.45, 7) is 5.64. The number of nitrogens with one attached hydrogen (secondary N) is 1. The van der Waals surface area contributed by atoms with Crippen molar-refractivity contribution < 1.29 is 4.74 Å². The first-order valence-electron chi connectivity index (χ1n) is 11.1. The Morgan fingerprint density at radius 1 is 1.29 bits per heavy atom. The van der Waals surface area contributed by atoms with Crippen LogP contribution >= 0.6 is 0 Å². The predicted octanol–water partition coefficient (Wildman–Crippen LogP) is 5.45. The van der Waals surface area contributed by atoms with Crippen LogP contribution in [0, 0.1) is 17.2 Å². The van der Waals surface area contributed by atoms with Crippen LogP contribution in [0.25, 0.3) is 0 Å². The first-order valence-corrected chi connectivity index (χ1v) is 11.1. The molecule has 0 amide bonds. The second kappa shape index (κ2) is 11.9. The van der Waals surface area contributed by atoms with E-state index >= 15 is 0 Å². The molecule has 0 fully saturated rings. The predicted molar refractivity (Wildman–Crippen MR) is 132 cm³/mol. The fraction of sp³-hybridized carbons (Fsp3) is 0.385. The highest BCUT2D eigenvalue weighted by Crippen LogP contribution is 2.23. The van der Waals surface area contributed by atoms with Gasteiger partial charge in [-0.15, -0.1) is 0 Å². The minimum Gasteiger partial charge on any atom is -0.477 e. The van der Waals surface area contributed by atoms with Gasteiger partial charge in [0.1, 0.15) is 6.34 Å². The number of hydrogen-bond donors (Lipinski definition) is 1. The Labute approximate surface area is 185 Å². The number of ether oxygens (including phenoxy) is 1. The van der Waals surface area contributed by atoms with E-state index in [1.807, 2.05) is 24.4 Å². The van der Waals surface area contributed by atoms with E-state index in [0.29, 0.717) is 25.0 Å². The Morgan fingerprint density at radius 2 is 2.16 bits per heavy atom. The van der Waals surface area contributed by atoms with E-state index in [1.54, 1.807) is 0 Å². The summed E-state index contributed by atoms with van der Waals surface area (Å²) in [5.41, 5.74) is 3.26. The summed E-state index contributed by atoms with van der Waals surface area (Å²) in [4.78, 5) is 13.7. The van der Waals surface area contributed by atoms with Gasteiger partial charge in [0.05, 0.1) is 24.9 Å². The second-order valence-electron chi connectivity index (χ2n) is 7.83. The van der Waals surface area contributed by atoms with Crippen LogP contribution in [0.2, 0.25) is 0 Å². The molecule has 3 unspecified atom stereocenters. The van der Waals surface area contributed by atoms with Crippen molar-refractivity contribution in [1.82, 2.24) is 0 Å². The quantitative estimate of drug-likeness (QED) is 0.415. The van der Waals surface area contributed by atoms with Crippen molar-refractivity contribution >= 4 is 24.2 Å². The van der Waals surface area contributed by atoms with E-state index in [1.165, 1.54) is 5.57 Å². The minimum atomic E-state index is 0.0895. The zero-order valence-corrected chi connectivity index (χ0v) is 18.4. The molecule has 2 aliphatic carbocycles. The van der Waals surface area contributed by atoms with Crippen molar-refractivity contribution in [2.24, 2.45) is 26.8 Å². The van der Waals surface area contributed by atoms with E-state index in [2.05, 4.69) is 66.4 Å². The summed E-state index contributed by atoms with van der Waals surface area (Å²) in [5, 5.41) is 7.34. The molecule has 3 rings (SSSR count). The van der Waals surface area contributed by atoms with Gasteiger partial charge in [-0.05, 0) is 30.4 Å². The lowest BCUT2D eigenvalue weighted by Crippen LogP contribution is -2.25. The molecule has 5 heteroatoms. The SMILES string of the molecule is CCC(C)C1=CC(C2=NC(CCO/C(=N\C=N)C3=CCC=CC=C3)CN=C2)C=CC=C1. The molecule has 0 aromatic rings. The third-order valence-corrected chi connectivity index (χ3v) is 5.60. The Hall–Kier alpha value is -3.08. The maximum atomic E-state index is 7.34. The molecule has 1 heterocycles. The number of rotatable bonds is 8. The van der Waals surface area contributed by atoms with Crippen molar-refractivity contribution in [1.29, 1.82) is 5.41 Å². The van der Waals surface area contributed by atoms with Crippen LogP contribution in [0.3, 0.4) is 0 Å². The largest absolute Gasteiger partial charge is 0.477 e. The Balaban J connectivity index is 1.62. The highest BCUT2D eigenvalue weighted by Gasteiger charge is 2.19. The Kier molecular flexibility index (Phi) is 8.71. The van der Waals surface area contributed by atoms with Gasteiger partial charge in [0, 0.05) is 24.1 Å². The van der Waals surface area contributed by atoms with Gasteiger partial charge in [-0.3, -0.25) is 15.4 Å². The average molecular weight is 417 g/mol. The molecule has 0 spiro atoms. The fourth-order valence-electron chi connectivity index (χ4n) is 3.58. The molecule has 0 aromatic carbocycles. The second-order valence-corrected chi connectivity index (χ2v) is 7.83. The van der Waals surface area contributed by atoms with E-state index in [4.69, 9.17) is 15.1 Å². The zero-order valence-electron chi connectivity index (χ0n) is 18.4. The molecular weight excluding hydrogens is 384 g/mol. The van der Waals surface area contributed by atoms with Crippen molar-refractivity contribution in [2.75, 3.05) is 13.2 Å². The maximum absolute atomic E-state index is 7.34. The van der Waals surface area contributed by atoms with Gasteiger partial charge in [0.15, 0.2) is 0 Å². The summed E-state index contributed by atoms with van der Waals surface area (Å²) in [7, 11) is 0. The molecule has 3 atom stereocenters. The molecule has 31 heavy (non-hydrogen) atoms. The number of hydrogen-bond acceptors (Lipinski definition) is 4. The molecule has 3 aliphatic rings. The van der Waals surface area contributed by atoms with Crippen LogP contribution in [0.15, 0.2) is 86.9 Å². The summed E-state index contributed by atoms with van der Waals surface area (Å²) in [6, 6.07) is 0.0895. The average Bonchev–Trinajstić information content (AvgIpc) is 3.22. The van der Waals surface area contributed by atoms with Gasteiger partial charge in [0.25, 0.3) is 0 Å². The van der Waals surface area contributed by atoms with Crippen LogP contribution in [-0.4, -0.2) is 43.4 Å². The molecule has 5 nitrogen and oxygen atoms in total. The standard InChI is InChI=1S/C26H32N4O/c1-3-20(2)22-12-8-9-13-23(16-22)25-18-28-17-24(30-25)14-15-31-26(29-19-27)21-10-6-4-5-7-11-21/h4-6,8-13,16,18-20,23-24,27H,3,7,14-15,17H2,1-2H3/b27-19?,29-26-. The van der Waals surface area contributed by atoms with Crippen LogP contribution in [-0.2, 0) is 4.74 Å². The molecule has 162 valence electrons. The van der Waals surface area contributed by atoms with Crippen molar-refractivity contribution in [3.05, 3.63) is 71.9 Å². The lowest BCUT2D eigenvalue weighted by Gasteiger charge is -2.20. The van der Waals surface area contributed by atoms with Crippen LogP contribution < -0.4 is 0 Å². The Morgan fingerprint density at radius 3 is 3.00 bits per heavy atom. The molecule has 0 saturated carbocycles. The maximum Gasteiger partial charge on any atom is 0.221 e. The zero-order chi connectivity index (χ0) is 21.9. The van der Waals surface area contributed by atoms with Crippen LogP contribution in [0.5, 0.6) is 0 Å². The van der Waals surface area contributed by atoms with Crippen molar-refractivity contribution in [3.63, 3.8) is 0 Å². The third kappa shape index (κ3) is 6.71. The van der Waals surface area contributed by atoms with Gasteiger partial charge in [-0.25, -0.2) is 4.99 Å². The monoisotopic (exact) mass is 416 g/mol. The molecular formula is C26H32N4O. The van der Waals surface area contributed by atoms with Gasteiger partial charge >= 0.3 is 0 Å². The molecule has 1 N–H and O–H groups in total. The van der Waals surface area contributed by atoms with Crippen LogP contribution in [0.4, 0.5) is 0 Å². The van der Waals surface area contributed by atoms with E-state index in [9.17, 15) is 0 Å². The van der Waals surface area contributed by atoms with E-state index in [0.717, 1.165) is 36.9 Å². The molecule has 0 bridgehead atoms.